The monoisotopic (exact) mass is 180 g/mol. The van der Waals surface area contributed by atoms with Gasteiger partial charge in [0.2, 0.25) is 0 Å². The highest BCUT2D eigenvalue weighted by Crippen LogP contribution is 2.18. The number of hydrogen-bond donors (Lipinski definition) is 0. The smallest absolute Gasteiger partial charge is 0.0438 e. The molecule has 1 rings (SSSR count). The van der Waals surface area contributed by atoms with E-state index in [1.54, 1.807) is 0 Å². The molecule has 0 unspecified atom stereocenters. The van der Waals surface area contributed by atoms with Crippen LogP contribution in [0.4, 0.5) is 0 Å². The fraction of sp³-hybridized carbons (Fsp3) is 0.273. The van der Waals surface area contributed by atoms with Crippen molar-refractivity contribution in [3.8, 4) is 0 Å². The third-order valence-corrected chi connectivity index (χ3v) is 2.24. The van der Waals surface area contributed by atoms with Crippen LogP contribution in [0.15, 0.2) is 30.9 Å². The van der Waals surface area contributed by atoms with Gasteiger partial charge in [-0.05, 0) is 30.0 Å². The van der Waals surface area contributed by atoms with Gasteiger partial charge in [-0.25, -0.2) is 0 Å². The molecule has 0 nitrogen and oxygen atoms in total. The lowest BCUT2D eigenvalue weighted by atomic mass is 10.1. The molecule has 1 heteroatoms. The second kappa shape index (κ2) is 4.32. The maximum Gasteiger partial charge on any atom is 0.0438 e. The standard InChI is InChI=1S/C11H13Cl/c1-3-5-9-6-7-11(12)10(4-2)8-9/h3,6-8H,1,4-5H2,2H3. The van der Waals surface area contributed by atoms with Gasteiger partial charge in [-0.3, -0.25) is 0 Å². The number of aryl methyl sites for hydroxylation is 1. The fourth-order valence-electron chi connectivity index (χ4n) is 1.19. The number of rotatable bonds is 3. The summed E-state index contributed by atoms with van der Waals surface area (Å²) in [6.07, 6.45) is 3.82. The van der Waals surface area contributed by atoms with Crippen LogP contribution >= 0.6 is 11.6 Å². The van der Waals surface area contributed by atoms with Gasteiger partial charge in [0.25, 0.3) is 0 Å². The van der Waals surface area contributed by atoms with Crippen LogP contribution in [0.3, 0.4) is 0 Å². The third-order valence-electron chi connectivity index (χ3n) is 1.87. The first kappa shape index (κ1) is 9.34. The van der Waals surface area contributed by atoms with E-state index in [0.29, 0.717) is 0 Å². The molecule has 0 radical (unpaired) electrons. The Morgan fingerprint density at radius 2 is 2.25 bits per heavy atom. The van der Waals surface area contributed by atoms with E-state index in [4.69, 9.17) is 11.6 Å². The molecule has 1 aromatic carbocycles. The Morgan fingerprint density at radius 1 is 1.50 bits per heavy atom. The normalized spacial score (nSPS) is 9.83. The summed E-state index contributed by atoms with van der Waals surface area (Å²) in [5.41, 5.74) is 2.50. The van der Waals surface area contributed by atoms with Crippen molar-refractivity contribution in [1.29, 1.82) is 0 Å². The van der Waals surface area contributed by atoms with Crippen molar-refractivity contribution in [3.05, 3.63) is 47.0 Å². The summed E-state index contributed by atoms with van der Waals surface area (Å²) in [7, 11) is 0. The lowest BCUT2D eigenvalue weighted by Gasteiger charge is -2.03. The molecule has 0 bridgehead atoms. The van der Waals surface area contributed by atoms with Crippen molar-refractivity contribution in [2.24, 2.45) is 0 Å². The Balaban J connectivity index is 2.96. The van der Waals surface area contributed by atoms with E-state index in [1.165, 1.54) is 11.1 Å². The molecule has 0 aliphatic carbocycles. The van der Waals surface area contributed by atoms with E-state index in [9.17, 15) is 0 Å². The highest BCUT2D eigenvalue weighted by atomic mass is 35.5. The first-order valence-corrected chi connectivity index (χ1v) is 4.54. The zero-order chi connectivity index (χ0) is 8.97. The van der Waals surface area contributed by atoms with E-state index < -0.39 is 0 Å². The third kappa shape index (κ3) is 2.12. The number of allylic oxidation sites excluding steroid dienone is 1. The highest BCUT2D eigenvalue weighted by molar-refractivity contribution is 6.31. The molecule has 0 amide bonds. The Bertz CT molecular complexity index is 276. The van der Waals surface area contributed by atoms with Crippen LogP contribution in [0.2, 0.25) is 5.02 Å². The molecular weight excluding hydrogens is 168 g/mol. The molecule has 0 saturated heterocycles. The molecular formula is C11H13Cl. The van der Waals surface area contributed by atoms with E-state index in [2.05, 4.69) is 19.6 Å². The van der Waals surface area contributed by atoms with Gasteiger partial charge >= 0.3 is 0 Å². The average Bonchev–Trinajstić information content (AvgIpc) is 2.09. The van der Waals surface area contributed by atoms with Gasteiger partial charge in [0.05, 0.1) is 0 Å². The molecule has 0 N–H and O–H groups in total. The second-order valence-corrected chi connectivity index (χ2v) is 3.18. The van der Waals surface area contributed by atoms with E-state index in [0.717, 1.165) is 17.9 Å². The van der Waals surface area contributed by atoms with Crippen molar-refractivity contribution >= 4 is 11.6 Å². The summed E-state index contributed by atoms with van der Waals surface area (Å²) >= 11 is 5.97. The molecule has 0 saturated carbocycles. The van der Waals surface area contributed by atoms with Gasteiger partial charge in [0.1, 0.15) is 0 Å². The van der Waals surface area contributed by atoms with Crippen molar-refractivity contribution in [2.45, 2.75) is 19.8 Å². The van der Waals surface area contributed by atoms with E-state index >= 15 is 0 Å². The minimum atomic E-state index is 0.866. The van der Waals surface area contributed by atoms with Crippen LogP contribution in [-0.2, 0) is 12.8 Å². The molecule has 0 fully saturated rings. The maximum atomic E-state index is 5.97. The Hall–Kier alpha value is -0.750. The topological polar surface area (TPSA) is 0 Å². The van der Waals surface area contributed by atoms with Gasteiger partial charge < -0.3 is 0 Å². The number of hydrogen-bond acceptors (Lipinski definition) is 0. The molecule has 0 aliphatic heterocycles. The first-order valence-electron chi connectivity index (χ1n) is 4.16. The molecule has 0 atom stereocenters. The van der Waals surface area contributed by atoms with Gasteiger partial charge in [0.15, 0.2) is 0 Å². The van der Waals surface area contributed by atoms with Crippen LogP contribution in [0.5, 0.6) is 0 Å². The second-order valence-electron chi connectivity index (χ2n) is 2.77. The summed E-state index contributed by atoms with van der Waals surface area (Å²) < 4.78 is 0. The van der Waals surface area contributed by atoms with Crippen molar-refractivity contribution in [3.63, 3.8) is 0 Å². The van der Waals surface area contributed by atoms with Crippen molar-refractivity contribution in [1.82, 2.24) is 0 Å². The van der Waals surface area contributed by atoms with Gasteiger partial charge in [-0.15, -0.1) is 6.58 Å². The molecule has 64 valence electrons. The van der Waals surface area contributed by atoms with Crippen LogP contribution < -0.4 is 0 Å². The SMILES string of the molecule is C=CCc1ccc(Cl)c(CC)c1. The fourth-order valence-corrected chi connectivity index (χ4v) is 1.44. The largest absolute Gasteiger partial charge is 0.103 e. The first-order chi connectivity index (χ1) is 5.77. The van der Waals surface area contributed by atoms with Gasteiger partial charge in [0, 0.05) is 5.02 Å². The predicted octanol–water partition coefficient (Wildman–Crippen LogP) is 3.63. The van der Waals surface area contributed by atoms with E-state index in [1.807, 2.05) is 18.2 Å². The lowest BCUT2D eigenvalue weighted by molar-refractivity contribution is 1.12. The molecule has 1 aromatic rings. The van der Waals surface area contributed by atoms with Crippen LogP contribution in [0.1, 0.15) is 18.1 Å². The molecule has 12 heavy (non-hydrogen) atoms. The number of halogens is 1. The predicted molar refractivity (Wildman–Crippen MR) is 54.7 cm³/mol. The van der Waals surface area contributed by atoms with E-state index in [-0.39, 0.29) is 0 Å². The van der Waals surface area contributed by atoms with Gasteiger partial charge in [-0.1, -0.05) is 36.7 Å². The Kier molecular flexibility index (Phi) is 3.36. The van der Waals surface area contributed by atoms with Gasteiger partial charge in [-0.2, -0.15) is 0 Å². The quantitative estimate of drug-likeness (QED) is 0.624. The summed E-state index contributed by atoms with van der Waals surface area (Å²) in [4.78, 5) is 0. The maximum absolute atomic E-state index is 5.97. The van der Waals surface area contributed by atoms with Crippen LogP contribution in [0.25, 0.3) is 0 Å². The lowest BCUT2D eigenvalue weighted by Crippen LogP contribution is -1.86. The summed E-state index contributed by atoms with van der Waals surface area (Å²) in [5, 5.41) is 0.866. The minimum absolute atomic E-state index is 0.866. The summed E-state index contributed by atoms with van der Waals surface area (Å²) in [6, 6.07) is 6.15. The molecule has 0 aromatic heterocycles. The summed E-state index contributed by atoms with van der Waals surface area (Å²) in [6.45, 7) is 5.81. The Labute approximate surface area is 78.9 Å². The van der Waals surface area contributed by atoms with Crippen molar-refractivity contribution < 1.29 is 0 Å². The van der Waals surface area contributed by atoms with Crippen LogP contribution in [-0.4, -0.2) is 0 Å². The van der Waals surface area contributed by atoms with Crippen LogP contribution in [0, 0.1) is 0 Å². The zero-order valence-electron chi connectivity index (χ0n) is 7.31. The summed E-state index contributed by atoms with van der Waals surface area (Å²) in [5.74, 6) is 0. The molecule has 0 spiro atoms. The highest BCUT2D eigenvalue weighted by Gasteiger charge is 1.98. The zero-order valence-corrected chi connectivity index (χ0v) is 8.06. The molecule has 0 heterocycles. The Morgan fingerprint density at radius 3 is 2.83 bits per heavy atom. The minimum Gasteiger partial charge on any atom is -0.103 e. The number of benzene rings is 1. The van der Waals surface area contributed by atoms with Crippen molar-refractivity contribution in [2.75, 3.05) is 0 Å². The average molecular weight is 181 g/mol. The molecule has 0 aliphatic rings.